The molecular formula is C19H21N3O2. The van der Waals surface area contributed by atoms with Crippen molar-refractivity contribution in [2.45, 2.75) is 26.7 Å². The minimum Gasteiger partial charge on any atom is -0.508 e. The van der Waals surface area contributed by atoms with Crippen LogP contribution < -0.4 is 4.90 Å². The number of phenolic OH excluding ortho intramolecular Hbond substituents is 1. The molecule has 1 amide bonds. The van der Waals surface area contributed by atoms with Crippen LogP contribution in [0, 0.1) is 6.92 Å². The highest BCUT2D eigenvalue weighted by atomic mass is 16.3. The van der Waals surface area contributed by atoms with Gasteiger partial charge in [0.15, 0.2) is 0 Å². The average molecular weight is 323 g/mol. The topological polar surface area (TPSA) is 57.8 Å². The van der Waals surface area contributed by atoms with Gasteiger partial charge < -0.3 is 10.0 Å². The Labute approximate surface area is 141 Å². The van der Waals surface area contributed by atoms with E-state index in [9.17, 15) is 9.90 Å². The quantitative estimate of drug-likeness (QED) is 0.798. The second-order valence-electron chi connectivity index (χ2n) is 5.92. The van der Waals surface area contributed by atoms with Gasteiger partial charge in [0.05, 0.1) is 5.69 Å². The number of fused-ring (bicyclic) bond motifs is 1. The Kier molecular flexibility index (Phi) is 4.25. The van der Waals surface area contributed by atoms with Crippen LogP contribution in [0.2, 0.25) is 0 Å². The number of aryl methyl sites for hydroxylation is 2. The molecule has 0 radical (unpaired) electrons. The van der Waals surface area contributed by atoms with Crippen LogP contribution in [-0.4, -0.2) is 27.4 Å². The maximum absolute atomic E-state index is 13.1. The van der Waals surface area contributed by atoms with Gasteiger partial charge in [-0.05, 0) is 49.2 Å². The maximum atomic E-state index is 13.1. The van der Waals surface area contributed by atoms with Crippen LogP contribution in [0.3, 0.4) is 0 Å². The molecule has 0 atom stereocenters. The second-order valence-corrected chi connectivity index (χ2v) is 5.92. The van der Waals surface area contributed by atoms with Crippen molar-refractivity contribution >= 4 is 17.2 Å². The summed E-state index contributed by atoms with van der Waals surface area (Å²) in [5, 5.41) is 9.43. The van der Waals surface area contributed by atoms with Crippen molar-refractivity contribution in [2.24, 2.45) is 0 Å². The lowest BCUT2D eigenvalue weighted by molar-refractivity contribution is 0.0986. The van der Waals surface area contributed by atoms with Crippen molar-refractivity contribution in [1.29, 1.82) is 0 Å². The molecule has 0 fully saturated rings. The third-order valence-corrected chi connectivity index (χ3v) is 4.15. The Bertz CT molecular complexity index is 882. The van der Waals surface area contributed by atoms with Crippen LogP contribution in [0.15, 0.2) is 42.6 Å². The fourth-order valence-electron chi connectivity index (χ4n) is 2.84. The molecule has 1 N–H and O–H groups in total. The van der Waals surface area contributed by atoms with Crippen LogP contribution in [0.25, 0.3) is 5.65 Å². The summed E-state index contributed by atoms with van der Waals surface area (Å²) in [7, 11) is 1.74. The Morgan fingerprint density at radius 3 is 2.62 bits per heavy atom. The fraction of sp³-hybridized carbons (Fsp3) is 0.263. The number of nitrogens with zero attached hydrogens (tertiary/aromatic N) is 3. The number of imidazole rings is 1. The van der Waals surface area contributed by atoms with Crippen LogP contribution in [0.4, 0.5) is 5.69 Å². The van der Waals surface area contributed by atoms with E-state index in [-0.39, 0.29) is 11.7 Å². The summed E-state index contributed by atoms with van der Waals surface area (Å²) in [6.07, 6.45) is 3.56. The third-order valence-electron chi connectivity index (χ3n) is 4.15. The number of pyridine rings is 1. The fourth-order valence-corrected chi connectivity index (χ4v) is 2.84. The number of anilines is 1. The Morgan fingerprint density at radius 1 is 1.25 bits per heavy atom. The van der Waals surface area contributed by atoms with Crippen LogP contribution in [0.5, 0.6) is 5.75 Å². The number of amides is 1. The lowest BCUT2D eigenvalue weighted by Crippen LogP contribution is -2.28. The Hall–Kier alpha value is -2.82. The molecule has 0 spiro atoms. The van der Waals surface area contributed by atoms with E-state index in [0.717, 1.165) is 35.4 Å². The number of rotatable bonds is 4. The minimum atomic E-state index is -0.109. The molecular weight excluding hydrogens is 302 g/mol. The van der Waals surface area contributed by atoms with Crippen molar-refractivity contribution in [3.05, 3.63) is 59.5 Å². The number of aromatic hydroxyl groups is 1. The highest BCUT2D eigenvalue weighted by molar-refractivity contribution is 6.06. The van der Waals surface area contributed by atoms with E-state index in [2.05, 4.69) is 11.9 Å². The summed E-state index contributed by atoms with van der Waals surface area (Å²) in [5.74, 6) is 0.0685. The lowest BCUT2D eigenvalue weighted by atomic mass is 10.2. The molecule has 24 heavy (non-hydrogen) atoms. The van der Waals surface area contributed by atoms with Gasteiger partial charge in [-0.25, -0.2) is 4.98 Å². The smallest absolute Gasteiger partial charge is 0.276 e. The Morgan fingerprint density at radius 2 is 1.96 bits per heavy atom. The number of carbonyl (C=O) groups is 1. The van der Waals surface area contributed by atoms with E-state index < -0.39 is 0 Å². The molecule has 3 rings (SSSR count). The van der Waals surface area contributed by atoms with Gasteiger partial charge in [0.25, 0.3) is 5.91 Å². The van der Waals surface area contributed by atoms with Crippen molar-refractivity contribution in [2.75, 3.05) is 11.9 Å². The van der Waals surface area contributed by atoms with Gasteiger partial charge in [-0.2, -0.15) is 0 Å². The Balaban J connectivity index is 2.09. The van der Waals surface area contributed by atoms with Gasteiger partial charge in [0, 0.05) is 18.9 Å². The highest BCUT2D eigenvalue weighted by Gasteiger charge is 2.23. The number of aromatic nitrogens is 2. The van der Waals surface area contributed by atoms with E-state index in [1.54, 1.807) is 36.2 Å². The van der Waals surface area contributed by atoms with E-state index in [1.165, 1.54) is 0 Å². The first kappa shape index (κ1) is 16.1. The van der Waals surface area contributed by atoms with Gasteiger partial charge in [-0.3, -0.25) is 9.20 Å². The summed E-state index contributed by atoms with van der Waals surface area (Å²) in [5.41, 5.74) is 4.01. The standard InChI is InChI=1S/C19H21N3O2/c1-4-6-16-17(22-12-5-7-13(2)18(22)20-16)19(24)21(3)14-8-10-15(23)11-9-14/h5,7-12,23H,4,6H2,1-3H3. The lowest BCUT2D eigenvalue weighted by Gasteiger charge is -2.18. The zero-order chi connectivity index (χ0) is 17.3. The first-order valence-electron chi connectivity index (χ1n) is 8.06. The minimum absolute atomic E-state index is 0.109. The number of hydrogen-bond acceptors (Lipinski definition) is 3. The van der Waals surface area contributed by atoms with Crippen molar-refractivity contribution in [3.8, 4) is 5.75 Å². The molecule has 0 unspecified atom stereocenters. The van der Waals surface area contributed by atoms with Gasteiger partial charge in [0.1, 0.15) is 17.1 Å². The van der Waals surface area contributed by atoms with Gasteiger partial charge in [0.2, 0.25) is 0 Å². The summed E-state index contributed by atoms with van der Waals surface area (Å²) in [4.78, 5) is 19.4. The molecule has 0 bridgehead atoms. The van der Waals surface area contributed by atoms with Crippen molar-refractivity contribution in [1.82, 2.24) is 9.38 Å². The van der Waals surface area contributed by atoms with Crippen LogP contribution >= 0.6 is 0 Å². The number of hydrogen-bond donors (Lipinski definition) is 1. The van der Waals surface area contributed by atoms with Crippen molar-refractivity contribution < 1.29 is 9.90 Å². The normalized spacial score (nSPS) is 11.0. The summed E-state index contributed by atoms with van der Waals surface area (Å²) >= 11 is 0. The molecule has 2 aromatic heterocycles. The third kappa shape index (κ3) is 2.73. The molecule has 2 heterocycles. The zero-order valence-corrected chi connectivity index (χ0v) is 14.2. The summed E-state index contributed by atoms with van der Waals surface area (Å²) < 4.78 is 1.87. The second kappa shape index (κ2) is 6.35. The predicted molar refractivity (Wildman–Crippen MR) is 94.8 cm³/mol. The molecule has 0 saturated carbocycles. The van der Waals surface area contributed by atoms with E-state index in [0.29, 0.717) is 5.69 Å². The molecule has 5 heteroatoms. The SMILES string of the molecule is CCCc1nc2c(C)cccn2c1C(=O)N(C)c1ccc(O)cc1. The number of carbonyl (C=O) groups excluding carboxylic acids is 1. The molecule has 124 valence electrons. The molecule has 5 nitrogen and oxygen atoms in total. The van der Waals surface area contributed by atoms with Crippen LogP contribution in [0.1, 0.15) is 35.1 Å². The number of benzene rings is 1. The van der Waals surface area contributed by atoms with E-state index in [4.69, 9.17) is 0 Å². The molecule has 0 saturated heterocycles. The van der Waals surface area contributed by atoms with E-state index in [1.807, 2.05) is 29.7 Å². The molecule has 0 aliphatic heterocycles. The molecule has 0 aliphatic carbocycles. The predicted octanol–water partition coefficient (Wildman–Crippen LogP) is 3.58. The van der Waals surface area contributed by atoms with E-state index >= 15 is 0 Å². The highest BCUT2D eigenvalue weighted by Crippen LogP contribution is 2.23. The summed E-state index contributed by atoms with van der Waals surface area (Å²) in [6, 6.07) is 10.5. The summed E-state index contributed by atoms with van der Waals surface area (Å²) in [6.45, 7) is 4.07. The molecule has 1 aromatic carbocycles. The van der Waals surface area contributed by atoms with Gasteiger partial charge in [-0.1, -0.05) is 19.4 Å². The molecule has 0 aliphatic rings. The van der Waals surface area contributed by atoms with Crippen molar-refractivity contribution in [3.63, 3.8) is 0 Å². The average Bonchev–Trinajstić information content (AvgIpc) is 2.94. The first-order valence-corrected chi connectivity index (χ1v) is 8.06. The van der Waals surface area contributed by atoms with Crippen LogP contribution in [-0.2, 0) is 6.42 Å². The monoisotopic (exact) mass is 323 g/mol. The molecule has 3 aromatic rings. The maximum Gasteiger partial charge on any atom is 0.276 e. The van der Waals surface area contributed by atoms with Gasteiger partial charge in [-0.15, -0.1) is 0 Å². The number of phenols is 1. The first-order chi connectivity index (χ1) is 11.5. The van der Waals surface area contributed by atoms with Gasteiger partial charge >= 0.3 is 0 Å². The zero-order valence-electron chi connectivity index (χ0n) is 14.2. The largest absolute Gasteiger partial charge is 0.508 e.